The normalized spacial score (nSPS) is 11.0. The molecule has 0 atom stereocenters. The van der Waals surface area contributed by atoms with Crippen LogP contribution in [0.15, 0.2) is 43.9 Å². The molecule has 4 nitrogen and oxygen atoms in total. The fraction of sp³-hybridized carbons (Fsp3) is 0.200. The predicted octanol–water partition coefficient (Wildman–Crippen LogP) is 4.16. The van der Waals surface area contributed by atoms with Gasteiger partial charge in [-0.3, -0.25) is 0 Å². The summed E-state index contributed by atoms with van der Waals surface area (Å²) in [7, 11) is 0. The van der Waals surface area contributed by atoms with Crippen LogP contribution in [-0.4, -0.2) is 10.2 Å². The molecule has 1 aromatic carbocycles. The standard InChI is InChI=1S/C15H14BrN3OS/c1-10-8-21-9-11(10)6-17-7-14-18-19-15(20-14)12-4-2-3-5-13(12)16/h2-5,8-9,17H,6-7H2,1H3. The van der Waals surface area contributed by atoms with Crippen LogP contribution < -0.4 is 5.32 Å². The maximum atomic E-state index is 5.69. The Morgan fingerprint density at radius 1 is 1.19 bits per heavy atom. The fourth-order valence-corrected chi connectivity index (χ4v) is 3.25. The van der Waals surface area contributed by atoms with E-state index in [1.54, 1.807) is 11.3 Å². The van der Waals surface area contributed by atoms with Gasteiger partial charge in [-0.2, -0.15) is 11.3 Å². The van der Waals surface area contributed by atoms with Gasteiger partial charge in [-0.1, -0.05) is 12.1 Å². The molecule has 108 valence electrons. The summed E-state index contributed by atoms with van der Waals surface area (Å²) in [5.41, 5.74) is 3.53. The maximum Gasteiger partial charge on any atom is 0.248 e. The predicted molar refractivity (Wildman–Crippen MR) is 87.0 cm³/mol. The van der Waals surface area contributed by atoms with Crippen LogP contribution in [0, 0.1) is 6.92 Å². The van der Waals surface area contributed by atoms with Crippen molar-refractivity contribution >= 4 is 27.3 Å². The lowest BCUT2D eigenvalue weighted by molar-refractivity contribution is 0.477. The number of hydrogen-bond acceptors (Lipinski definition) is 5. The Labute approximate surface area is 135 Å². The Morgan fingerprint density at radius 3 is 2.81 bits per heavy atom. The van der Waals surface area contributed by atoms with Gasteiger partial charge in [-0.05, 0) is 56.9 Å². The van der Waals surface area contributed by atoms with E-state index in [-0.39, 0.29) is 0 Å². The molecule has 0 unspecified atom stereocenters. The molecular formula is C15H14BrN3OS. The van der Waals surface area contributed by atoms with Crippen molar-refractivity contribution in [2.24, 2.45) is 0 Å². The monoisotopic (exact) mass is 363 g/mol. The third kappa shape index (κ3) is 3.40. The van der Waals surface area contributed by atoms with E-state index in [2.05, 4.69) is 49.1 Å². The third-order valence-electron chi connectivity index (χ3n) is 3.12. The molecule has 0 aliphatic rings. The van der Waals surface area contributed by atoms with Crippen LogP contribution >= 0.6 is 27.3 Å². The van der Waals surface area contributed by atoms with E-state index in [1.165, 1.54) is 11.1 Å². The van der Waals surface area contributed by atoms with Crippen molar-refractivity contribution in [1.29, 1.82) is 0 Å². The fourth-order valence-electron chi connectivity index (χ4n) is 1.94. The van der Waals surface area contributed by atoms with Crippen LogP contribution in [0.4, 0.5) is 0 Å². The van der Waals surface area contributed by atoms with Crippen LogP contribution in [0.2, 0.25) is 0 Å². The number of thiophene rings is 1. The van der Waals surface area contributed by atoms with Crippen LogP contribution in [0.1, 0.15) is 17.0 Å². The number of benzene rings is 1. The Hall–Kier alpha value is -1.50. The summed E-state index contributed by atoms with van der Waals surface area (Å²) in [6, 6.07) is 7.80. The quantitative estimate of drug-likeness (QED) is 0.739. The van der Waals surface area contributed by atoms with Gasteiger partial charge in [-0.25, -0.2) is 0 Å². The first kappa shape index (κ1) is 14.4. The van der Waals surface area contributed by atoms with Gasteiger partial charge in [0.05, 0.1) is 12.1 Å². The molecule has 0 aliphatic heterocycles. The van der Waals surface area contributed by atoms with Gasteiger partial charge < -0.3 is 9.73 Å². The average Bonchev–Trinajstić information content (AvgIpc) is 3.10. The lowest BCUT2D eigenvalue weighted by atomic mass is 10.2. The lowest BCUT2D eigenvalue weighted by Crippen LogP contribution is -2.13. The van der Waals surface area contributed by atoms with Gasteiger partial charge in [-0.15, -0.1) is 10.2 Å². The van der Waals surface area contributed by atoms with E-state index < -0.39 is 0 Å². The molecule has 3 aromatic rings. The van der Waals surface area contributed by atoms with Gasteiger partial charge >= 0.3 is 0 Å². The Kier molecular flexibility index (Phi) is 4.48. The Balaban J connectivity index is 1.63. The van der Waals surface area contributed by atoms with E-state index in [9.17, 15) is 0 Å². The van der Waals surface area contributed by atoms with Gasteiger partial charge in [0.2, 0.25) is 11.8 Å². The number of hydrogen-bond donors (Lipinski definition) is 1. The molecule has 0 fully saturated rings. The molecule has 2 aromatic heterocycles. The minimum atomic E-state index is 0.533. The van der Waals surface area contributed by atoms with Gasteiger partial charge in [0.1, 0.15) is 0 Å². The highest BCUT2D eigenvalue weighted by atomic mass is 79.9. The topological polar surface area (TPSA) is 51.0 Å². The van der Waals surface area contributed by atoms with E-state index in [0.29, 0.717) is 18.3 Å². The first-order valence-corrected chi connectivity index (χ1v) is 8.27. The zero-order chi connectivity index (χ0) is 14.7. The summed E-state index contributed by atoms with van der Waals surface area (Å²) in [4.78, 5) is 0. The Morgan fingerprint density at radius 2 is 2.05 bits per heavy atom. The van der Waals surface area contributed by atoms with Crippen molar-refractivity contribution in [3.8, 4) is 11.5 Å². The average molecular weight is 364 g/mol. The van der Waals surface area contributed by atoms with E-state index in [1.807, 2.05) is 24.3 Å². The molecule has 0 amide bonds. The molecule has 0 saturated carbocycles. The Bertz CT molecular complexity index is 738. The molecule has 1 N–H and O–H groups in total. The second-order valence-electron chi connectivity index (χ2n) is 4.66. The van der Waals surface area contributed by atoms with Crippen LogP contribution in [-0.2, 0) is 13.1 Å². The smallest absolute Gasteiger partial charge is 0.248 e. The summed E-state index contributed by atoms with van der Waals surface area (Å²) in [6.07, 6.45) is 0. The molecule has 6 heteroatoms. The number of nitrogens with zero attached hydrogens (tertiary/aromatic N) is 2. The molecule has 21 heavy (non-hydrogen) atoms. The van der Waals surface area contributed by atoms with Crippen LogP contribution in [0.3, 0.4) is 0 Å². The zero-order valence-electron chi connectivity index (χ0n) is 11.5. The second-order valence-corrected chi connectivity index (χ2v) is 6.26. The number of nitrogens with one attached hydrogen (secondary N) is 1. The summed E-state index contributed by atoms with van der Waals surface area (Å²) < 4.78 is 6.63. The van der Waals surface area contributed by atoms with Crippen molar-refractivity contribution in [3.63, 3.8) is 0 Å². The molecule has 0 radical (unpaired) electrons. The first-order valence-electron chi connectivity index (χ1n) is 6.53. The highest BCUT2D eigenvalue weighted by molar-refractivity contribution is 9.10. The van der Waals surface area contributed by atoms with Crippen LogP contribution in [0.5, 0.6) is 0 Å². The third-order valence-corrected chi connectivity index (χ3v) is 4.73. The van der Waals surface area contributed by atoms with Gasteiger partial charge in [0.15, 0.2) is 0 Å². The maximum absolute atomic E-state index is 5.69. The highest BCUT2D eigenvalue weighted by Gasteiger charge is 2.11. The highest BCUT2D eigenvalue weighted by Crippen LogP contribution is 2.26. The number of rotatable bonds is 5. The summed E-state index contributed by atoms with van der Waals surface area (Å²) >= 11 is 5.21. The molecule has 2 heterocycles. The van der Waals surface area contributed by atoms with Gasteiger partial charge in [0.25, 0.3) is 0 Å². The zero-order valence-corrected chi connectivity index (χ0v) is 13.9. The number of aryl methyl sites for hydroxylation is 1. The molecule has 0 saturated heterocycles. The van der Waals surface area contributed by atoms with Crippen molar-refractivity contribution in [3.05, 3.63) is 56.5 Å². The minimum Gasteiger partial charge on any atom is -0.419 e. The summed E-state index contributed by atoms with van der Waals surface area (Å²) in [6.45, 7) is 3.49. The minimum absolute atomic E-state index is 0.533. The van der Waals surface area contributed by atoms with Crippen molar-refractivity contribution in [2.45, 2.75) is 20.0 Å². The van der Waals surface area contributed by atoms with E-state index in [0.717, 1.165) is 16.6 Å². The van der Waals surface area contributed by atoms with E-state index >= 15 is 0 Å². The molecular weight excluding hydrogens is 350 g/mol. The first-order chi connectivity index (χ1) is 10.2. The number of aromatic nitrogens is 2. The van der Waals surface area contributed by atoms with Crippen LogP contribution in [0.25, 0.3) is 11.5 Å². The van der Waals surface area contributed by atoms with Crippen molar-refractivity contribution in [1.82, 2.24) is 15.5 Å². The largest absolute Gasteiger partial charge is 0.419 e. The van der Waals surface area contributed by atoms with Gasteiger partial charge in [0, 0.05) is 11.0 Å². The second kappa shape index (κ2) is 6.51. The number of halogens is 1. The molecule has 0 bridgehead atoms. The van der Waals surface area contributed by atoms with E-state index in [4.69, 9.17) is 4.42 Å². The summed E-state index contributed by atoms with van der Waals surface area (Å²) in [5, 5.41) is 15.8. The van der Waals surface area contributed by atoms with Crippen molar-refractivity contribution < 1.29 is 4.42 Å². The molecule has 3 rings (SSSR count). The lowest BCUT2D eigenvalue weighted by Gasteiger charge is -2.01. The molecule has 0 aliphatic carbocycles. The van der Waals surface area contributed by atoms with Crippen molar-refractivity contribution in [2.75, 3.05) is 0 Å². The molecule has 0 spiro atoms. The SMILES string of the molecule is Cc1cscc1CNCc1nnc(-c2ccccc2Br)o1. The summed E-state index contributed by atoms with van der Waals surface area (Å²) in [5.74, 6) is 1.12.